The maximum atomic E-state index is 12.3. The predicted octanol–water partition coefficient (Wildman–Crippen LogP) is 1.87. The number of amides is 2. The number of hydrogen-bond donors (Lipinski definition) is 1. The monoisotopic (exact) mass is 336 g/mol. The molecule has 1 aromatic heterocycles. The molecule has 0 radical (unpaired) electrons. The summed E-state index contributed by atoms with van der Waals surface area (Å²) < 4.78 is 0. The van der Waals surface area contributed by atoms with E-state index in [1.165, 1.54) is 11.3 Å². The molecule has 2 aliphatic heterocycles. The first-order valence-electron chi connectivity index (χ1n) is 8.28. The van der Waals surface area contributed by atoms with E-state index in [0.717, 1.165) is 44.5 Å². The number of rotatable bonds is 4. The summed E-state index contributed by atoms with van der Waals surface area (Å²) >= 11 is 1.45. The second-order valence-electron chi connectivity index (χ2n) is 6.44. The molecule has 2 atom stereocenters. The number of likely N-dealkylation sites (tertiary alicyclic amines) is 2. The van der Waals surface area contributed by atoms with Crippen molar-refractivity contribution < 1.29 is 9.59 Å². The Labute approximate surface area is 140 Å². The summed E-state index contributed by atoms with van der Waals surface area (Å²) in [6, 6.07) is 0.579. The Hall–Kier alpha value is -1.47. The number of anilines is 1. The van der Waals surface area contributed by atoms with Crippen molar-refractivity contribution in [2.45, 2.75) is 51.6 Å². The molecule has 7 heteroatoms. The van der Waals surface area contributed by atoms with Crippen LogP contribution in [0.4, 0.5) is 5.13 Å². The first kappa shape index (κ1) is 16.4. The number of aryl methyl sites for hydroxylation is 1. The SMILES string of the molecule is CC(=O)N1CCC[C@@H]1[C@H]1CCCN1CC(=O)Nc1nc(C)cs1. The molecule has 2 aliphatic rings. The van der Waals surface area contributed by atoms with Crippen LogP contribution in [0.5, 0.6) is 0 Å². The van der Waals surface area contributed by atoms with Gasteiger partial charge in [0.2, 0.25) is 11.8 Å². The van der Waals surface area contributed by atoms with Crippen molar-refractivity contribution in [2.75, 3.05) is 25.0 Å². The van der Waals surface area contributed by atoms with Crippen LogP contribution in [-0.4, -0.2) is 58.3 Å². The number of carbonyl (C=O) groups is 2. The van der Waals surface area contributed by atoms with Gasteiger partial charge in [-0.05, 0) is 39.2 Å². The van der Waals surface area contributed by atoms with E-state index in [2.05, 4.69) is 15.2 Å². The van der Waals surface area contributed by atoms with E-state index in [4.69, 9.17) is 0 Å². The van der Waals surface area contributed by atoms with Gasteiger partial charge in [-0.2, -0.15) is 0 Å². The van der Waals surface area contributed by atoms with Gasteiger partial charge in [0.05, 0.1) is 12.2 Å². The van der Waals surface area contributed by atoms with Crippen molar-refractivity contribution in [2.24, 2.45) is 0 Å². The van der Waals surface area contributed by atoms with Crippen LogP contribution >= 0.6 is 11.3 Å². The van der Waals surface area contributed by atoms with Gasteiger partial charge in [0.1, 0.15) is 0 Å². The molecule has 2 amide bonds. The molecular formula is C16H24N4O2S. The largest absolute Gasteiger partial charge is 0.338 e. The molecule has 0 bridgehead atoms. The van der Waals surface area contributed by atoms with Gasteiger partial charge in [-0.15, -0.1) is 11.3 Å². The molecule has 0 unspecified atom stereocenters. The second kappa shape index (κ2) is 6.97. The van der Waals surface area contributed by atoms with E-state index in [1.54, 1.807) is 6.92 Å². The minimum atomic E-state index is -0.0152. The molecule has 0 aromatic carbocycles. The highest BCUT2D eigenvalue weighted by Crippen LogP contribution is 2.30. The molecular weight excluding hydrogens is 312 g/mol. The van der Waals surface area contributed by atoms with Gasteiger partial charge in [0.25, 0.3) is 0 Å². The van der Waals surface area contributed by atoms with E-state index < -0.39 is 0 Å². The molecule has 23 heavy (non-hydrogen) atoms. The first-order valence-corrected chi connectivity index (χ1v) is 9.16. The summed E-state index contributed by atoms with van der Waals surface area (Å²) in [5, 5.41) is 5.47. The summed E-state index contributed by atoms with van der Waals surface area (Å²) in [7, 11) is 0. The Bertz CT molecular complexity index is 588. The minimum absolute atomic E-state index is 0.0152. The normalized spacial score (nSPS) is 25.0. The maximum absolute atomic E-state index is 12.3. The minimum Gasteiger partial charge on any atom is -0.338 e. The summed E-state index contributed by atoms with van der Waals surface area (Å²) in [6.45, 7) is 5.73. The predicted molar refractivity (Wildman–Crippen MR) is 90.5 cm³/mol. The van der Waals surface area contributed by atoms with E-state index in [0.29, 0.717) is 17.7 Å². The highest BCUT2D eigenvalue weighted by atomic mass is 32.1. The van der Waals surface area contributed by atoms with Crippen molar-refractivity contribution in [3.05, 3.63) is 11.1 Å². The van der Waals surface area contributed by atoms with Gasteiger partial charge in [0.15, 0.2) is 5.13 Å². The van der Waals surface area contributed by atoms with Crippen LogP contribution in [0.25, 0.3) is 0 Å². The number of carbonyl (C=O) groups excluding carboxylic acids is 2. The lowest BCUT2D eigenvalue weighted by Gasteiger charge is -2.34. The van der Waals surface area contributed by atoms with E-state index in [-0.39, 0.29) is 17.9 Å². The Morgan fingerprint density at radius 1 is 1.30 bits per heavy atom. The van der Waals surface area contributed by atoms with Crippen molar-refractivity contribution in [1.82, 2.24) is 14.8 Å². The average Bonchev–Trinajstić information content (AvgIpc) is 3.18. The molecule has 2 saturated heterocycles. The van der Waals surface area contributed by atoms with Gasteiger partial charge >= 0.3 is 0 Å². The third-order valence-electron chi connectivity index (χ3n) is 4.77. The van der Waals surface area contributed by atoms with Crippen LogP contribution in [-0.2, 0) is 9.59 Å². The smallest absolute Gasteiger partial charge is 0.240 e. The summed E-state index contributed by atoms with van der Waals surface area (Å²) in [5.74, 6) is 0.140. The van der Waals surface area contributed by atoms with Gasteiger partial charge in [-0.25, -0.2) is 4.98 Å². The van der Waals surface area contributed by atoms with Gasteiger partial charge in [-0.1, -0.05) is 0 Å². The van der Waals surface area contributed by atoms with Crippen LogP contribution in [0.2, 0.25) is 0 Å². The zero-order valence-corrected chi connectivity index (χ0v) is 14.6. The fourth-order valence-corrected chi connectivity index (χ4v) is 4.53. The average molecular weight is 336 g/mol. The lowest BCUT2D eigenvalue weighted by molar-refractivity contribution is -0.130. The molecule has 126 valence electrons. The molecule has 0 spiro atoms. The van der Waals surface area contributed by atoms with Crippen molar-refractivity contribution in [3.63, 3.8) is 0 Å². The molecule has 3 rings (SSSR count). The third kappa shape index (κ3) is 3.72. The summed E-state index contributed by atoms with van der Waals surface area (Å²) in [5.41, 5.74) is 0.924. The number of hydrogen-bond acceptors (Lipinski definition) is 5. The zero-order valence-electron chi connectivity index (χ0n) is 13.7. The van der Waals surface area contributed by atoms with E-state index in [9.17, 15) is 9.59 Å². The van der Waals surface area contributed by atoms with Crippen LogP contribution in [0, 0.1) is 6.92 Å². The Balaban J connectivity index is 1.60. The molecule has 0 aliphatic carbocycles. The van der Waals surface area contributed by atoms with Gasteiger partial charge in [0, 0.05) is 30.9 Å². The highest BCUT2D eigenvalue weighted by Gasteiger charge is 2.39. The number of nitrogens with one attached hydrogen (secondary N) is 1. The summed E-state index contributed by atoms with van der Waals surface area (Å²) in [6.07, 6.45) is 4.28. The number of nitrogens with zero attached hydrogens (tertiary/aromatic N) is 3. The lowest BCUT2D eigenvalue weighted by Crippen LogP contribution is -2.49. The first-order chi connectivity index (χ1) is 11.0. The zero-order chi connectivity index (χ0) is 16.4. The van der Waals surface area contributed by atoms with Crippen molar-refractivity contribution in [3.8, 4) is 0 Å². The van der Waals surface area contributed by atoms with Gasteiger partial charge in [-0.3, -0.25) is 14.5 Å². The highest BCUT2D eigenvalue weighted by molar-refractivity contribution is 7.13. The Kier molecular flexibility index (Phi) is 4.96. The third-order valence-corrected chi connectivity index (χ3v) is 5.65. The molecule has 2 fully saturated rings. The quantitative estimate of drug-likeness (QED) is 0.911. The Morgan fingerprint density at radius 3 is 2.74 bits per heavy atom. The van der Waals surface area contributed by atoms with Gasteiger partial charge < -0.3 is 10.2 Å². The summed E-state index contributed by atoms with van der Waals surface area (Å²) in [4.78, 5) is 32.6. The van der Waals surface area contributed by atoms with Crippen LogP contribution in [0.15, 0.2) is 5.38 Å². The molecule has 0 saturated carbocycles. The molecule has 3 heterocycles. The van der Waals surface area contributed by atoms with E-state index in [1.807, 2.05) is 17.2 Å². The number of thiazole rings is 1. The van der Waals surface area contributed by atoms with Crippen LogP contribution < -0.4 is 5.32 Å². The topological polar surface area (TPSA) is 65.5 Å². The molecule has 1 N–H and O–H groups in total. The number of aromatic nitrogens is 1. The van der Waals surface area contributed by atoms with E-state index >= 15 is 0 Å². The lowest BCUT2D eigenvalue weighted by atomic mass is 10.0. The second-order valence-corrected chi connectivity index (χ2v) is 7.30. The fourth-order valence-electron chi connectivity index (χ4n) is 3.82. The molecule has 6 nitrogen and oxygen atoms in total. The standard InChI is InChI=1S/C16H24N4O2S/c1-11-10-23-16(17-11)18-15(22)9-19-7-3-5-13(19)14-6-4-8-20(14)12(2)21/h10,13-14H,3-9H2,1-2H3,(H,17,18,22)/t13-,14-/m1/s1. The molecule has 1 aromatic rings. The van der Waals surface area contributed by atoms with Crippen molar-refractivity contribution >= 4 is 28.3 Å². The maximum Gasteiger partial charge on any atom is 0.240 e. The van der Waals surface area contributed by atoms with Crippen LogP contribution in [0.1, 0.15) is 38.3 Å². The van der Waals surface area contributed by atoms with Crippen LogP contribution in [0.3, 0.4) is 0 Å². The Morgan fingerprint density at radius 2 is 2.04 bits per heavy atom. The fraction of sp³-hybridized carbons (Fsp3) is 0.688. The van der Waals surface area contributed by atoms with Crippen molar-refractivity contribution in [1.29, 1.82) is 0 Å².